The summed E-state index contributed by atoms with van der Waals surface area (Å²) >= 11 is 1.87. The van der Waals surface area contributed by atoms with Crippen molar-refractivity contribution < 1.29 is 0 Å². The molecule has 1 fully saturated rings. The van der Waals surface area contributed by atoms with Crippen LogP contribution in [0.1, 0.15) is 35.2 Å². The van der Waals surface area contributed by atoms with Gasteiger partial charge in [0.2, 0.25) is 0 Å². The molecule has 0 saturated carbocycles. The van der Waals surface area contributed by atoms with E-state index >= 15 is 0 Å². The van der Waals surface area contributed by atoms with E-state index in [4.69, 9.17) is 10.1 Å². The lowest BCUT2D eigenvalue weighted by atomic mass is 9.98. The maximum absolute atomic E-state index is 4.89. The second-order valence-electron chi connectivity index (χ2n) is 7.12. The first-order chi connectivity index (χ1) is 12.3. The van der Waals surface area contributed by atoms with E-state index in [2.05, 4.69) is 45.2 Å². The van der Waals surface area contributed by atoms with Gasteiger partial charge >= 0.3 is 0 Å². The number of hydrogen-bond donors (Lipinski definition) is 1. The number of thiazole rings is 1. The third kappa shape index (κ3) is 3.10. The summed E-state index contributed by atoms with van der Waals surface area (Å²) in [4.78, 5) is 7.45. The van der Waals surface area contributed by atoms with Crippen LogP contribution in [0, 0.1) is 0 Å². The second kappa shape index (κ2) is 6.52. The molecule has 2 aliphatic heterocycles. The normalized spacial score (nSPS) is 21.5. The molecule has 1 N–H and O–H groups in total. The van der Waals surface area contributed by atoms with Gasteiger partial charge in [-0.3, -0.25) is 9.58 Å². The largest absolute Gasteiger partial charge is 0.309 e. The average Bonchev–Trinajstić information content (AvgIpc) is 3.25. The molecule has 0 amide bonds. The Morgan fingerprint density at radius 3 is 3.12 bits per heavy atom. The van der Waals surface area contributed by atoms with E-state index in [1.54, 1.807) is 0 Å². The third-order valence-corrected chi connectivity index (χ3v) is 6.47. The van der Waals surface area contributed by atoms with E-state index in [1.165, 1.54) is 40.5 Å². The predicted molar refractivity (Wildman–Crippen MR) is 101 cm³/mol. The highest BCUT2D eigenvalue weighted by Crippen LogP contribution is 2.33. The zero-order chi connectivity index (χ0) is 16.6. The standard InChI is InChI=1S/C19H23N5S/c1-2-6-18-17(5-1)21-19(25-18)14-4-3-8-23(12-14)13-15-10-16-11-20-7-9-24(16)22-15/h1-2,5-6,10,14,20H,3-4,7-9,11-13H2/t14-/m1/s1. The molecule has 0 bridgehead atoms. The zero-order valence-corrected chi connectivity index (χ0v) is 15.1. The minimum Gasteiger partial charge on any atom is -0.309 e. The summed E-state index contributed by atoms with van der Waals surface area (Å²) in [6.07, 6.45) is 2.50. The fourth-order valence-corrected chi connectivity index (χ4v) is 5.12. The van der Waals surface area contributed by atoms with E-state index in [0.29, 0.717) is 5.92 Å². The summed E-state index contributed by atoms with van der Waals surface area (Å²) in [5.41, 5.74) is 3.68. The van der Waals surface area contributed by atoms with Gasteiger partial charge in [-0.15, -0.1) is 11.3 Å². The van der Waals surface area contributed by atoms with Crippen molar-refractivity contribution in [3.8, 4) is 0 Å². The summed E-state index contributed by atoms with van der Waals surface area (Å²) < 4.78 is 3.48. The quantitative estimate of drug-likeness (QED) is 0.786. The molecule has 5 nitrogen and oxygen atoms in total. The molecule has 0 radical (unpaired) electrons. The van der Waals surface area contributed by atoms with Crippen LogP contribution in [0.5, 0.6) is 0 Å². The molecule has 0 unspecified atom stereocenters. The molecule has 2 aromatic heterocycles. The number of likely N-dealkylation sites (tertiary alicyclic amines) is 1. The van der Waals surface area contributed by atoms with Gasteiger partial charge in [0, 0.05) is 32.1 Å². The zero-order valence-electron chi connectivity index (χ0n) is 14.3. The van der Waals surface area contributed by atoms with Crippen molar-refractivity contribution in [1.82, 2.24) is 25.0 Å². The van der Waals surface area contributed by atoms with E-state index < -0.39 is 0 Å². The number of nitrogens with one attached hydrogen (secondary N) is 1. The van der Waals surface area contributed by atoms with Crippen molar-refractivity contribution >= 4 is 21.6 Å². The first-order valence-corrected chi connectivity index (χ1v) is 10.0. The summed E-state index contributed by atoms with van der Waals surface area (Å²) in [6.45, 7) is 6.19. The SMILES string of the molecule is c1ccc2sc([C@@H]3CCCN(Cc4cc5n(n4)CCNC5)C3)nc2c1. The average molecular weight is 353 g/mol. The molecule has 6 heteroatoms. The highest BCUT2D eigenvalue weighted by Gasteiger charge is 2.25. The minimum atomic E-state index is 0.560. The minimum absolute atomic E-state index is 0.560. The molecule has 1 atom stereocenters. The maximum atomic E-state index is 4.89. The van der Waals surface area contributed by atoms with Gasteiger partial charge in [-0.1, -0.05) is 12.1 Å². The van der Waals surface area contributed by atoms with E-state index in [1.807, 2.05) is 11.3 Å². The molecule has 1 saturated heterocycles. The molecular weight excluding hydrogens is 330 g/mol. The molecule has 1 aromatic carbocycles. The maximum Gasteiger partial charge on any atom is 0.0982 e. The van der Waals surface area contributed by atoms with Gasteiger partial charge in [-0.05, 0) is 37.6 Å². The topological polar surface area (TPSA) is 46.0 Å². The molecule has 25 heavy (non-hydrogen) atoms. The van der Waals surface area contributed by atoms with E-state index in [9.17, 15) is 0 Å². The Kier molecular flexibility index (Phi) is 4.04. The van der Waals surface area contributed by atoms with Crippen LogP contribution >= 0.6 is 11.3 Å². The Hall–Kier alpha value is -1.76. The first kappa shape index (κ1) is 15.5. The number of rotatable bonds is 3. The van der Waals surface area contributed by atoms with Crippen molar-refractivity contribution in [1.29, 1.82) is 0 Å². The predicted octanol–water partition coefficient (Wildman–Crippen LogP) is 2.98. The lowest BCUT2D eigenvalue weighted by molar-refractivity contribution is 0.197. The number of piperidine rings is 1. The summed E-state index contributed by atoms with van der Waals surface area (Å²) in [6, 6.07) is 10.8. The second-order valence-corrected chi connectivity index (χ2v) is 8.18. The van der Waals surface area contributed by atoms with Gasteiger partial charge in [0.05, 0.1) is 33.2 Å². The Balaban J connectivity index is 1.31. The van der Waals surface area contributed by atoms with E-state index in [0.717, 1.165) is 38.2 Å². The number of hydrogen-bond acceptors (Lipinski definition) is 5. The molecule has 0 spiro atoms. The number of benzene rings is 1. The number of nitrogens with zero attached hydrogens (tertiary/aromatic N) is 4. The summed E-state index contributed by atoms with van der Waals surface area (Å²) in [5, 5.41) is 9.52. The monoisotopic (exact) mass is 353 g/mol. The van der Waals surface area contributed by atoms with Crippen LogP contribution in [-0.2, 0) is 19.6 Å². The fourth-order valence-electron chi connectivity index (χ4n) is 4.02. The molecule has 3 aromatic rings. The van der Waals surface area contributed by atoms with Crippen LogP contribution in [0.3, 0.4) is 0 Å². The smallest absolute Gasteiger partial charge is 0.0982 e. The van der Waals surface area contributed by atoms with Crippen molar-refractivity contribution in [3.63, 3.8) is 0 Å². The lowest BCUT2D eigenvalue weighted by Gasteiger charge is -2.31. The van der Waals surface area contributed by atoms with Gasteiger partial charge < -0.3 is 5.32 Å². The van der Waals surface area contributed by atoms with Crippen molar-refractivity contribution in [2.24, 2.45) is 0 Å². The lowest BCUT2D eigenvalue weighted by Crippen LogP contribution is -2.34. The Labute approximate surface area is 151 Å². The van der Waals surface area contributed by atoms with Crippen LogP contribution in [0.15, 0.2) is 30.3 Å². The van der Waals surface area contributed by atoms with Crippen LogP contribution < -0.4 is 5.32 Å². The van der Waals surface area contributed by atoms with Gasteiger partial charge in [-0.25, -0.2) is 4.98 Å². The van der Waals surface area contributed by atoms with Crippen LogP contribution in [0.4, 0.5) is 0 Å². The van der Waals surface area contributed by atoms with Crippen molar-refractivity contribution in [3.05, 3.63) is 46.7 Å². The van der Waals surface area contributed by atoms with Crippen LogP contribution in [-0.4, -0.2) is 39.3 Å². The third-order valence-electron chi connectivity index (χ3n) is 5.27. The number of aromatic nitrogens is 3. The van der Waals surface area contributed by atoms with Gasteiger partial charge in [0.25, 0.3) is 0 Å². The Morgan fingerprint density at radius 2 is 2.20 bits per heavy atom. The summed E-state index contributed by atoms with van der Waals surface area (Å²) in [5.74, 6) is 0.560. The molecule has 2 aliphatic rings. The highest BCUT2D eigenvalue weighted by atomic mass is 32.1. The molecule has 0 aliphatic carbocycles. The molecule has 5 rings (SSSR count). The number of fused-ring (bicyclic) bond motifs is 2. The fraction of sp³-hybridized carbons (Fsp3) is 0.474. The molecule has 130 valence electrons. The van der Waals surface area contributed by atoms with Crippen molar-refractivity contribution in [2.45, 2.75) is 38.4 Å². The van der Waals surface area contributed by atoms with E-state index in [-0.39, 0.29) is 0 Å². The van der Waals surface area contributed by atoms with Gasteiger partial charge in [-0.2, -0.15) is 5.10 Å². The van der Waals surface area contributed by atoms with Gasteiger partial charge in [0.15, 0.2) is 0 Å². The first-order valence-electron chi connectivity index (χ1n) is 9.19. The molecular formula is C19H23N5S. The summed E-state index contributed by atoms with van der Waals surface area (Å²) in [7, 11) is 0. The number of para-hydroxylation sites is 1. The Morgan fingerprint density at radius 1 is 1.24 bits per heavy atom. The highest BCUT2D eigenvalue weighted by molar-refractivity contribution is 7.18. The molecule has 4 heterocycles. The van der Waals surface area contributed by atoms with Crippen LogP contribution in [0.25, 0.3) is 10.2 Å². The Bertz CT molecular complexity index is 826. The van der Waals surface area contributed by atoms with Crippen LogP contribution in [0.2, 0.25) is 0 Å². The van der Waals surface area contributed by atoms with Gasteiger partial charge in [0.1, 0.15) is 0 Å². The van der Waals surface area contributed by atoms with Crippen molar-refractivity contribution in [2.75, 3.05) is 19.6 Å².